The van der Waals surface area contributed by atoms with E-state index >= 15 is 0 Å². The molecule has 0 spiro atoms. The monoisotopic (exact) mass is 369 g/mol. The number of fused-ring (bicyclic) bond motifs is 1. The van der Waals surface area contributed by atoms with Crippen molar-refractivity contribution in [3.8, 4) is 11.8 Å². The lowest BCUT2D eigenvalue weighted by molar-refractivity contribution is 0.561. The fourth-order valence-electron chi connectivity index (χ4n) is 3.10. The second-order valence-electron chi connectivity index (χ2n) is 5.76. The van der Waals surface area contributed by atoms with Crippen LogP contribution in [0.25, 0.3) is 0 Å². The van der Waals surface area contributed by atoms with Gasteiger partial charge in [0.05, 0.1) is 9.90 Å². The Hall–Kier alpha value is -1.57. The lowest BCUT2D eigenvalue weighted by Crippen LogP contribution is -2.21. The third-order valence-corrected chi connectivity index (χ3v) is 6.35. The molecule has 3 aromatic rings. The van der Waals surface area contributed by atoms with E-state index in [1.165, 1.54) is 16.0 Å². The van der Waals surface area contributed by atoms with Crippen LogP contribution in [0.15, 0.2) is 47.2 Å². The Labute approximate surface area is 155 Å². The fraction of sp³-hybridized carbons (Fsp3) is 0.200. The molecule has 0 saturated heterocycles. The van der Waals surface area contributed by atoms with E-state index in [1.54, 1.807) is 11.3 Å². The van der Waals surface area contributed by atoms with Crippen molar-refractivity contribution >= 4 is 34.3 Å². The van der Waals surface area contributed by atoms with Crippen molar-refractivity contribution in [2.24, 2.45) is 0 Å². The fourth-order valence-corrected chi connectivity index (χ4v) is 4.70. The van der Waals surface area contributed by atoms with Gasteiger partial charge in [-0.25, -0.2) is 0 Å². The van der Waals surface area contributed by atoms with Crippen LogP contribution in [0.4, 0.5) is 0 Å². The van der Waals surface area contributed by atoms with Gasteiger partial charge in [-0.2, -0.15) is 0 Å². The molecule has 1 aliphatic rings. The highest BCUT2D eigenvalue weighted by Crippen LogP contribution is 2.31. The molecule has 0 amide bonds. The van der Waals surface area contributed by atoms with Crippen molar-refractivity contribution in [3.63, 3.8) is 0 Å². The molecule has 0 fully saturated rings. The molecule has 120 valence electrons. The molecule has 1 aliphatic heterocycles. The van der Waals surface area contributed by atoms with E-state index < -0.39 is 0 Å². The maximum absolute atomic E-state index is 6.47. The first-order valence-corrected chi connectivity index (χ1v) is 10.1. The summed E-state index contributed by atoms with van der Waals surface area (Å²) in [6.07, 6.45) is 1.95. The van der Waals surface area contributed by atoms with Gasteiger partial charge in [-0.1, -0.05) is 41.6 Å². The SMILES string of the molecule is Clc1ccc2c(c1C#Cc1cccs1)CCNC(c1cccs1)C2. The van der Waals surface area contributed by atoms with Crippen LogP contribution in [0.3, 0.4) is 0 Å². The molecule has 24 heavy (non-hydrogen) atoms. The molecule has 4 rings (SSSR count). The van der Waals surface area contributed by atoms with Gasteiger partial charge in [-0.05, 0) is 59.5 Å². The molecule has 1 unspecified atom stereocenters. The van der Waals surface area contributed by atoms with Gasteiger partial charge in [0.25, 0.3) is 0 Å². The number of benzene rings is 1. The predicted molar refractivity (Wildman–Crippen MR) is 104 cm³/mol. The van der Waals surface area contributed by atoms with Gasteiger partial charge in [0.2, 0.25) is 0 Å². The molecule has 1 aromatic carbocycles. The summed E-state index contributed by atoms with van der Waals surface area (Å²) in [5.74, 6) is 6.58. The lowest BCUT2D eigenvalue weighted by Gasteiger charge is -2.14. The van der Waals surface area contributed by atoms with E-state index in [4.69, 9.17) is 11.6 Å². The first kappa shape index (κ1) is 15.9. The molecule has 1 N–H and O–H groups in total. The van der Waals surface area contributed by atoms with Crippen molar-refractivity contribution < 1.29 is 0 Å². The zero-order valence-corrected chi connectivity index (χ0v) is 15.4. The van der Waals surface area contributed by atoms with Gasteiger partial charge in [-0.3, -0.25) is 0 Å². The second kappa shape index (κ2) is 7.13. The maximum atomic E-state index is 6.47. The Morgan fingerprint density at radius 3 is 2.71 bits per heavy atom. The van der Waals surface area contributed by atoms with Crippen LogP contribution in [0.5, 0.6) is 0 Å². The summed E-state index contributed by atoms with van der Waals surface area (Å²) in [6.45, 7) is 0.948. The van der Waals surface area contributed by atoms with E-state index in [-0.39, 0.29) is 0 Å². The zero-order chi connectivity index (χ0) is 16.4. The Bertz CT molecular complexity index is 886. The van der Waals surface area contributed by atoms with Crippen molar-refractivity contribution in [2.75, 3.05) is 6.54 Å². The topological polar surface area (TPSA) is 12.0 Å². The molecule has 0 radical (unpaired) electrons. The van der Waals surface area contributed by atoms with Crippen LogP contribution in [-0.2, 0) is 12.8 Å². The van der Waals surface area contributed by atoms with Crippen LogP contribution >= 0.6 is 34.3 Å². The third-order valence-electron chi connectivity index (χ3n) is 4.27. The van der Waals surface area contributed by atoms with Crippen molar-refractivity contribution in [1.82, 2.24) is 5.32 Å². The normalized spacial score (nSPS) is 16.8. The minimum atomic E-state index is 0.380. The summed E-state index contributed by atoms with van der Waals surface area (Å²) in [7, 11) is 0. The quantitative estimate of drug-likeness (QED) is 0.574. The molecule has 0 aliphatic carbocycles. The third kappa shape index (κ3) is 3.29. The highest BCUT2D eigenvalue weighted by Gasteiger charge is 2.21. The van der Waals surface area contributed by atoms with Crippen LogP contribution in [0.1, 0.15) is 32.5 Å². The number of hydrogen-bond donors (Lipinski definition) is 1. The standard InChI is InChI=1S/C20H16ClNS2/c21-18-8-5-14-13-19(20-4-2-12-24-20)22-10-9-16(14)17(18)7-6-15-3-1-11-23-15/h1-5,8,11-12,19,22H,9-10,13H2. The number of halogens is 1. The Kier molecular flexibility index (Phi) is 4.73. The first-order chi connectivity index (χ1) is 11.8. The van der Waals surface area contributed by atoms with Crippen LogP contribution in [0.2, 0.25) is 5.02 Å². The Balaban J connectivity index is 1.71. The average molecular weight is 370 g/mol. The van der Waals surface area contributed by atoms with E-state index in [1.807, 2.05) is 34.9 Å². The zero-order valence-electron chi connectivity index (χ0n) is 13.0. The number of rotatable bonds is 1. The lowest BCUT2D eigenvalue weighted by atomic mass is 9.95. The van der Waals surface area contributed by atoms with E-state index in [0.29, 0.717) is 6.04 Å². The minimum Gasteiger partial charge on any atom is -0.309 e. The second-order valence-corrected chi connectivity index (χ2v) is 8.10. The summed E-state index contributed by atoms with van der Waals surface area (Å²) in [6, 6.07) is 12.9. The minimum absolute atomic E-state index is 0.380. The predicted octanol–water partition coefficient (Wildman–Crippen LogP) is 5.29. The van der Waals surface area contributed by atoms with E-state index in [2.05, 4.69) is 40.7 Å². The molecule has 4 heteroatoms. The van der Waals surface area contributed by atoms with Crippen molar-refractivity contribution in [1.29, 1.82) is 0 Å². The molecular weight excluding hydrogens is 354 g/mol. The van der Waals surface area contributed by atoms with Crippen molar-refractivity contribution in [2.45, 2.75) is 18.9 Å². The van der Waals surface area contributed by atoms with Gasteiger partial charge in [-0.15, -0.1) is 22.7 Å². The largest absolute Gasteiger partial charge is 0.309 e. The molecule has 3 heterocycles. The summed E-state index contributed by atoms with van der Waals surface area (Å²) >= 11 is 9.95. The molecule has 1 atom stereocenters. The van der Waals surface area contributed by atoms with Crippen LogP contribution in [-0.4, -0.2) is 6.54 Å². The number of hydrogen-bond acceptors (Lipinski definition) is 3. The Morgan fingerprint density at radius 2 is 1.92 bits per heavy atom. The average Bonchev–Trinajstić information content (AvgIpc) is 3.25. The number of nitrogens with one attached hydrogen (secondary N) is 1. The molecule has 1 nitrogen and oxygen atoms in total. The summed E-state index contributed by atoms with van der Waals surface area (Å²) in [5, 5.41) is 8.62. The highest BCUT2D eigenvalue weighted by atomic mass is 35.5. The molecular formula is C20H16ClNS2. The van der Waals surface area contributed by atoms with Crippen LogP contribution < -0.4 is 5.32 Å². The molecule has 0 saturated carbocycles. The highest BCUT2D eigenvalue weighted by molar-refractivity contribution is 7.10. The van der Waals surface area contributed by atoms with Gasteiger partial charge in [0.15, 0.2) is 0 Å². The van der Waals surface area contributed by atoms with E-state index in [0.717, 1.165) is 34.8 Å². The smallest absolute Gasteiger partial charge is 0.0772 e. The van der Waals surface area contributed by atoms with Gasteiger partial charge < -0.3 is 5.32 Å². The number of thiophene rings is 2. The molecule has 2 aromatic heterocycles. The van der Waals surface area contributed by atoms with Gasteiger partial charge in [0, 0.05) is 16.5 Å². The van der Waals surface area contributed by atoms with Gasteiger partial charge in [0.1, 0.15) is 0 Å². The molecule has 0 bridgehead atoms. The van der Waals surface area contributed by atoms with Gasteiger partial charge >= 0.3 is 0 Å². The maximum Gasteiger partial charge on any atom is 0.0772 e. The first-order valence-electron chi connectivity index (χ1n) is 7.94. The summed E-state index contributed by atoms with van der Waals surface area (Å²) < 4.78 is 0. The van der Waals surface area contributed by atoms with E-state index in [9.17, 15) is 0 Å². The van der Waals surface area contributed by atoms with Crippen molar-refractivity contribution in [3.05, 3.63) is 78.6 Å². The summed E-state index contributed by atoms with van der Waals surface area (Å²) in [5.41, 5.74) is 3.66. The van der Waals surface area contributed by atoms with Crippen LogP contribution in [0, 0.1) is 11.8 Å². The summed E-state index contributed by atoms with van der Waals surface area (Å²) in [4.78, 5) is 2.47. The Morgan fingerprint density at radius 1 is 1.04 bits per heavy atom.